The van der Waals surface area contributed by atoms with Gasteiger partial charge < -0.3 is 4.90 Å². The molecule has 1 heterocycles. The van der Waals surface area contributed by atoms with Crippen molar-refractivity contribution in [2.75, 3.05) is 32.1 Å². The van der Waals surface area contributed by atoms with Crippen LogP contribution in [0.5, 0.6) is 0 Å². The van der Waals surface area contributed by atoms with E-state index in [2.05, 4.69) is 4.98 Å². The van der Waals surface area contributed by atoms with Gasteiger partial charge >= 0.3 is 0 Å². The number of thiazole rings is 1. The second-order valence-corrected chi connectivity index (χ2v) is 7.57. The van der Waals surface area contributed by atoms with Gasteiger partial charge in [-0.3, -0.25) is 19.8 Å². The van der Waals surface area contributed by atoms with E-state index in [0.717, 1.165) is 0 Å². The van der Waals surface area contributed by atoms with Gasteiger partial charge in [-0.15, -0.1) is 0 Å². The summed E-state index contributed by atoms with van der Waals surface area (Å²) in [5, 5.41) is 11.3. The van der Waals surface area contributed by atoms with Crippen LogP contribution in [0.15, 0.2) is 48.5 Å². The first-order valence-corrected chi connectivity index (χ1v) is 9.60. The average molecular weight is 414 g/mol. The maximum atomic E-state index is 14.0. The third kappa shape index (κ3) is 5.01. The first-order chi connectivity index (χ1) is 13.8. The Labute approximate surface area is 170 Å². The van der Waals surface area contributed by atoms with Crippen molar-refractivity contribution in [2.45, 2.75) is 0 Å². The first-order valence-electron chi connectivity index (χ1n) is 8.79. The van der Waals surface area contributed by atoms with Crippen LogP contribution in [0.1, 0.15) is 5.56 Å². The number of rotatable bonds is 7. The van der Waals surface area contributed by atoms with Gasteiger partial charge in [0.2, 0.25) is 0 Å². The number of likely N-dealkylation sites (N-methyl/N-ethyl adjacent to an activating group) is 1. The van der Waals surface area contributed by atoms with Crippen LogP contribution >= 0.6 is 11.3 Å². The van der Waals surface area contributed by atoms with Crippen molar-refractivity contribution >= 4 is 44.4 Å². The summed E-state index contributed by atoms with van der Waals surface area (Å²) < 4.78 is 14.7. The molecule has 29 heavy (non-hydrogen) atoms. The lowest BCUT2D eigenvalue weighted by Gasteiger charge is -2.20. The van der Waals surface area contributed by atoms with Gasteiger partial charge in [0.1, 0.15) is 11.3 Å². The molecule has 3 aromatic rings. The number of nitrogens with zero attached hydrogens (tertiary/aromatic N) is 4. The molecule has 0 aliphatic carbocycles. The number of hydrogen-bond donors (Lipinski definition) is 0. The minimum absolute atomic E-state index is 0.0503. The Hall–Kier alpha value is -3.17. The Morgan fingerprint density at radius 2 is 2.00 bits per heavy atom. The molecular formula is C20H19FN4O3S. The van der Waals surface area contributed by atoms with Gasteiger partial charge in [-0.05, 0) is 37.9 Å². The maximum absolute atomic E-state index is 14.0. The minimum Gasteiger partial charge on any atom is -0.308 e. The molecule has 0 unspecified atom stereocenters. The van der Waals surface area contributed by atoms with Crippen LogP contribution in [0.2, 0.25) is 0 Å². The Balaban J connectivity index is 1.89. The van der Waals surface area contributed by atoms with Gasteiger partial charge in [0.05, 0.1) is 9.62 Å². The number of nitro benzene ring substituents is 1. The quantitative estimate of drug-likeness (QED) is 0.332. The fraction of sp³-hybridized carbons (Fsp3) is 0.200. The van der Waals surface area contributed by atoms with E-state index in [0.29, 0.717) is 28.5 Å². The number of benzene rings is 2. The highest BCUT2D eigenvalue weighted by molar-refractivity contribution is 7.22. The van der Waals surface area contributed by atoms with Gasteiger partial charge in [-0.2, -0.15) is 0 Å². The molecule has 0 saturated heterocycles. The number of carbonyl (C=O) groups is 1. The molecule has 7 nitrogen and oxygen atoms in total. The van der Waals surface area contributed by atoms with Crippen molar-refractivity contribution in [3.8, 4) is 0 Å². The fourth-order valence-electron chi connectivity index (χ4n) is 2.62. The zero-order chi connectivity index (χ0) is 21.0. The smallest absolute Gasteiger partial charge is 0.270 e. The van der Waals surface area contributed by atoms with E-state index in [1.807, 2.05) is 19.0 Å². The highest BCUT2D eigenvalue weighted by Gasteiger charge is 2.19. The van der Waals surface area contributed by atoms with Gasteiger partial charge in [-0.25, -0.2) is 9.37 Å². The van der Waals surface area contributed by atoms with E-state index in [9.17, 15) is 19.3 Å². The van der Waals surface area contributed by atoms with Crippen LogP contribution in [0, 0.1) is 15.9 Å². The molecule has 3 rings (SSSR count). The van der Waals surface area contributed by atoms with Crippen LogP contribution in [0.25, 0.3) is 16.3 Å². The maximum Gasteiger partial charge on any atom is 0.270 e. The van der Waals surface area contributed by atoms with Crippen molar-refractivity contribution in [3.63, 3.8) is 0 Å². The average Bonchev–Trinajstić information content (AvgIpc) is 3.12. The molecule has 150 valence electrons. The summed E-state index contributed by atoms with van der Waals surface area (Å²) in [5.74, 6) is -0.769. The van der Waals surface area contributed by atoms with Gasteiger partial charge in [0.25, 0.3) is 11.6 Å². The van der Waals surface area contributed by atoms with Crippen LogP contribution < -0.4 is 4.90 Å². The number of para-hydroxylation sites is 1. The van der Waals surface area contributed by atoms with Gasteiger partial charge in [0.15, 0.2) is 5.13 Å². The molecule has 0 spiro atoms. The van der Waals surface area contributed by atoms with Crippen LogP contribution in [-0.4, -0.2) is 47.9 Å². The van der Waals surface area contributed by atoms with E-state index < -0.39 is 10.7 Å². The molecule has 0 bridgehead atoms. The Bertz CT molecular complexity index is 1080. The zero-order valence-corrected chi connectivity index (χ0v) is 16.7. The van der Waals surface area contributed by atoms with Gasteiger partial charge in [-0.1, -0.05) is 29.5 Å². The Kier molecular flexibility index (Phi) is 6.30. The summed E-state index contributed by atoms with van der Waals surface area (Å²) in [7, 11) is 3.78. The molecular weight excluding hydrogens is 395 g/mol. The third-order valence-corrected chi connectivity index (χ3v) is 5.17. The van der Waals surface area contributed by atoms with E-state index in [1.165, 1.54) is 46.6 Å². The van der Waals surface area contributed by atoms with E-state index in [-0.39, 0.29) is 17.1 Å². The van der Waals surface area contributed by atoms with Crippen LogP contribution in [0.3, 0.4) is 0 Å². The molecule has 0 aliphatic rings. The predicted octanol–water partition coefficient (Wildman–Crippen LogP) is 3.95. The second kappa shape index (κ2) is 8.89. The first kappa shape index (κ1) is 20.6. The van der Waals surface area contributed by atoms with Crippen LogP contribution in [0.4, 0.5) is 15.2 Å². The lowest BCUT2D eigenvalue weighted by Crippen LogP contribution is -2.35. The number of fused-ring (bicyclic) bond motifs is 1. The number of amides is 1. The molecule has 9 heteroatoms. The number of nitro groups is 1. The zero-order valence-electron chi connectivity index (χ0n) is 15.9. The predicted molar refractivity (Wildman–Crippen MR) is 113 cm³/mol. The summed E-state index contributed by atoms with van der Waals surface area (Å²) in [5.41, 5.74) is 0.721. The molecule has 0 saturated carbocycles. The molecule has 0 atom stereocenters. The fourth-order valence-corrected chi connectivity index (χ4v) is 3.63. The SMILES string of the molecule is CN(C)CCN(C(=O)C=Cc1cccc([N+](=O)[O-])c1)c1nc2c(F)cccc2s1. The van der Waals surface area contributed by atoms with E-state index in [4.69, 9.17) is 0 Å². The van der Waals surface area contributed by atoms with Crippen molar-refractivity contribution in [3.05, 3.63) is 70.0 Å². The van der Waals surface area contributed by atoms with Crippen molar-refractivity contribution < 1.29 is 14.1 Å². The minimum atomic E-state index is -0.488. The summed E-state index contributed by atoms with van der Waals surface area (Å²) in [6, 6.07) is 10.7. The topological polar surface area (TPSA) is 79.6 Å². The third-order valence-electron chi connectivity index (χ3n) is 4.13. The summed E-state index contributed by atoms with van der Waals surface area (Å²) in [4.78, 5) is 31.0. The number of anilines is 1. The molecule has 0 fully saturated rings. The van der Waals surface area contributed by atoms with Crippen LogP contribution in [-0.2, 0) is 4.79 Å². The van der Waals surface area contributed by atoms with Gasteiger partial charge in [0, 0.05) is 31.3 Å². The monoisotopic (exact) mass is 414 g/mol. The van der Waals surface area contributed by atoms with Crippen molar-refractivity contribution in [1.82, 2.24) is 9.88 Å². The van der Waals surface area contributed by atoms with E-state index >= 15 is 0 Å². The Morgan fingerprint density at radius 1 is 1.24 bits per heavy atom. The number of aromatic nitrogens is 1. The molecule has 0 aliphatic heterocycles. The Morgan fingerprint density at radius 3 is 2.69 bits per heavy atom. The van der Waals surface area contributed by atoms with Crippen molar-refractivity contribution in [1.29, 1.82) is 0 Å². The molecule has 1 amide bonds. The second-order valence-electron chi connectivity index (χ2n) is 6.56. The number of halogens is 1. The molecule has 0 radical (unpaired) electrons. The number of hydrogen-bond acceptors (Lipinski definition) is 6. The summed E-state index contributed by atoms with van der Waals surface area (Å²) >= 11 is 1.24. The highest BCUT2D eigenvalue weighted by atomic mass is 32.1. The lowest BCUT2D eigenvalue weighted by atomic mass is 10.2. The standard InChI is InChI=1S/C20H19FN4O3S/c1-23(2)11-12-24(20-22-19-16(21)7-4-8-17(19)29-20)18(26)10-9-14-5-3-6-15(13-14)25(27)28/h3-10,13H,11-12H2,1-2H3. The lowest BCUT2D eigenvalue weighted by molar-refractivity contribution is -0.384. The molecule has 2 aromatic carbocycles. The normalized spacial score (nSPS) is 11.4. The molecule has 0 N–H and O–H groups in total. The van der Waals surface area contributed by atoms with E-state index in [1.54, 1.807) is 24.3 Å². The summed E-state index contributed by atoms with van der Waals surface area (Å²) in [6.45, 7) is 0.960. The largest absolute Gasteiger partial charge is 0.308 e. The van der Waals surface area contributed by atoms with Crippen molar-refractivity contribution in [2.24, 2.45) is 0 Å². The number of non-ortho nitro benzene ring substituents is 1. The molecule has 1 aromatic heterocycles. The highest BCUT2D eigenvalue weighted by Crippen LogP contribution is 2.30. The summed E-state index contributed by atoms with van der Waals surface area (Å²) in [6.07, 6.45) is 2.86. The number of carbonyl (C=O) groups excluding carboxylic acids is 1.